The van der Waals surface area contributed by atoms with Gasteiger partial charge in [-0.25, -0.2) is 0 Å². The molecule has 1 aromatic heterocycles. The van der Waals surface area contributed by atoms with Crippen molar-refractivity contribution >= 4 is 5.91 Å². The number of fused-ring (bicyclic) bond motifs is 2. The lowest BCUT2D eigenvalue weighted by molar-refractivity contribution is 0.0606. The summed E-state index contributed by atoms with van der Waals surface area (Å²) in [5.74, 6) is 2.23. The van der Waals surface area contributed by atoms with Crippen molar-refractivity contribution in [3.63, 3.8) is 0 Å². The Morgan fingerprint density at radius 3 is 2.68 bits per heavy atom. The number of ether oxygens (including phenoxy) is 6. The molecule has 0 saturated carbocycles. The largest absolute Gasteiger partial charge is 0.497 e. The van der Waals surface area contributed by atoms with Crippen LogP contribution >= 0.6 is 0 Å². The molecule has 1 amide bonds. The molecule has 4 heterocycles. The van der Waals surface area contributed by atoms with Gasteiger partial charge in [0.25, 0.3) is 5.91 Å². The maximum absolute atomic E-state index is 12.7. The number of aromatic nitrogens is 4. The van der Waals surface area contributed by atoms with Crippen molar-refractivity contribution in [2.24, 2.45) is 0 Å². The maximum atomic E-state index is 12.7. The lowest BCUT2D eigenvalue weighted by atomic mass is 10.1. The maximum Gasteiger partial charge on any atom is 0.341 e. The van der Waals surface area contributed by atoms with Gasteiger partial charge in [0.2, 0.25) is 6.79 Å². The molecule has 3 aliphatic rings. The second-order valence-electron chi connectivity index (χ2n) is 7.99. The molecule has 1 N–H and O–H groups in total. The molecular formula is C22H21N5O7. The molecule has 6 rings (SSSR count). The molecule has 176 valence electrons. The first kappa shape index (κ1) is 20.7. The van der Waals surface area contributed by atoms with Crippen LogP contribution in [0.4, 0.5) is 0 Å². The number of benzene rings is 2. The van der Waals surface area contributed by atoms with Crippen molar-refractivity contribution in [2.75, 3.05) is 27.1 Å². The molecule has 12 heteroatoms. The van der Waals surface area contributed by atoms with Gasteiger partial charge < -0.3 is 33.7 Å². The smallest absolute Gasteiger partial charge is 0.341 e. The molecule has 2 aromatic carbocycles. The van der Waals surface area contributed by atoms with Crippen LogP contribution in [0.15, 0.2) is 42.5 Å². The summed E-state index contributed by atoms with van der Waals surface area (Å²) in [6, 6.07) is 11.7. The van der Waals surface area contributed by atoms with Crippen LogP contribution in [0.2, 0.25) is 0 Å². The van der Waals surface area contributed by atoms with Crippen molar-refractivity contribution in [3.05, 3.63) is 48.0 Å². The Balaban J connectivity index is 1.14. The molecule has 34 heavy (non-hydrogen) atoms. The van der Waals surface area contributed by atoms with Crippen molar-refractivity contribution in [1.82, 2.24) is 25.5 Å². The number of hydrogen-bond acceptors (Lipinski definition) is 10. The van der Waals surface area contributed by atoms with Gasteiger partial charge in [-0.3, -0.25) is 4.79 Å². The fourth-order valence-electron chi connectivity index (χ4n) is 4.31. The lowest BCUT2D eigenvalue weighted by Crippen LogP contribution is -2.44. The van der Waals surface area contributed by atoms with Gasteiger partial charge in [0.1, 0.15) is 29.7 Å². The second kappa shape index (κ2) is 8.47. The van der Waals surface area contributed by atoms with E-state index in [2.05, 4.69) is 20.8 Å². The van der Waals surface area contributed by atoms with Gasteiger partial charge in [-0.15, -0.1) is 0 Å². The minimum atomic E-state index is -0.344. The van der Waals surface area contributed by atoms with Crippen molar-refractivity contribution in [3.8, 4) is 29.0 Å². The fourth-order valence-corrected chi connectivity index (χ4v) is 4.31. The van der Waals surface area contributed by atoms with Gasteiger partial charge >= 0.3 is 6.01 Å². The van der Waals surface area contributed by atoms with E-state index in [1.807, 2.05) is 0 Å². The third kappa shape index (κ3) is 3.66. The number of carbonyl (C=O) groups excluding carboxylic acids is 1. The minimum Gasteiger partial charge on any atom is -0.497 e. The predicted octanol–water partition coefficient (Wildman–Crippen LogP) is 1.34. The quantitative estimate of drug-likeness (QED) is 0.567. The summed E-state index contributed by atoms with van der Waals surface area (Å²) in [5.41, 5.74) is 0.527. The zero-order chi connectivity index (χ0) is 23.1. The van der Waals surface area contributed by atoms with E-state index in [1.165, 1.54) is 0 Å². The van der Waals surface area contributed by atoms with Gasteiger partial charge in [-0.1, -0.05) is 5.10 Å². The first-order valence-electron chi connectivity index (χ1n) is 10.7. The number of nitrogens with zero attached hydrogens (tertiary/aromatic N) is 4. The molecule has 0 spiro atoms. The third-order valence-corrected chi connectivity index (χ3v) is 6.03. The van der Waals surface area contributed by atoms with Crippen LogP contribution in [0, 0.1) is 0 Å². The zero-order valence-corrected chi connectivity index (χ0v) is 18.1. The van der Waals surface area contributed by atoms with E-state index < -0.39 is 0 Å². The molecule has 0 aliphatic carbocycles. The first-order chi connectivity index (χ1) is 16.7. The van der Waals surface area contributed by atoms with E-state index in [9.17, 15) is 4.79 Å². The summed E-state index contributed by atoms with van der Waals surface area (Å²) in [4.78, 5) is 12.7. The molecule has 2 fully saturated rings. The Kier molecular flexibility index (Phi) is 5.15. The van der Waals surface area contributed by atoms with Crippen LogP contribution < -0.4 is 24.3 Å². The van der Waals surface area contributed by atoms with E-state index in [0.29, 0.717) is 41.8 Å². The van der Waals surface area contributed by atoms with Crippen LogP contribution in [0.5, 0.6) is 29.0 Å². The Hall–Kier alpha value is -3.90. The predicted molar refractivity (Wildman–Crippen MR) is 113 cm³/mol. The first-order valence-corrected chi connectivity index (χ1v) is 10.7. The Morgan fingerprint density at radius 1 is 1.03 bits per heavy atom. The van der Waals surface area contributed by atoms with E-state index in [0.717, 1.165) is 0 Å². The number of amides is 1. The molecule has 0 bridgehead atoms. The summed E-state index contributed by atoms with van der Waals surface area (Å²) in [7, 11) is 1.58. The molecule has 2 saturated heterocycles. The van der Waals surface area contributed by atoms with Crippen LogP contribution in [0.25, 0.3) is 0 Å². The summed E-state index contributed by atoms with van der Waals surface area (Å²) in [5, 5.41) is 14.9. The topological polar surface area (TPSA) is 128 Å². The zero-order valence-electron chi connectivity index (χ0n) is 18.1. The lowest BCUT2D eigenvalue weighted by Gasteiger charge is -2.18. The Labute approximate surface area is 193 Å². The fraction of sp³-hybridized carbons (Fsp3) is 0.364. The molecule has 4 atom stereocenters. The average molecular weight is 467 g/mol. The summed E-state index contributed by atoms with van der Waals surface area (Å²) in [6.07, 6.45) is -0.682. The van der Waals surface area contributed by atoms with Gasteiger partial charge in [0.15, 0.2) is 11.5 Å². The summed E-state index contributed by atoms with van der Waals surface area (Å²) < 4.78 is 35.3. The summed E-state index contributed by atoms with van der Waals surface area (Å²) in [6.45, 7) is 0.799. The number of tetrazole rings is 1. The highest BCUT2D eigenvalue weighted by molar-refractivity contribution is 5.94. The van der Waals surface area contributed by atoms with E-state index >= 15 is 0 Å². The van der Waals surface area contributed by atoms with Crippen LogP contribution in [0.3, 0.4) is 0 Å². The highest BCUT2D eigenvalue weighted by Gasteiger charge is 2.50. The van der Waals surface area contributed by atoms with Gasteiger partial charge in [0.05, 0.1) is 26.4 Å². The van der Waals surface area contributed by atoms with Crippen LogP contribution in [-0.2, 0) is 9.47 Å². The third-order valence-electron chi connectivity index (χ3n) is 6.03. The monoisotopic (exact) mass is 467 g/mol. The highest BCUT2D eigenvalue weighted by atomic mass is 16.7. The standard InChI is InChI=1S/C22H21N5O7/c1-29-13-4-2-12(3-5-13)21(28)23-15-9-30-20-16(10-31-19(15)20)27-22(24-25-26-27)34-14-6-7-17-18(8-14)33-11-32-17/h2-8,15-16,19-20H,9-11H2,1H3,(H,23,28). The highest BCUT2D eigenvalue weighted by Crippen LogP contribution is 2.38. The normalized spacial score (nSPS) is 24.6. The van der Waals surface area contributed by atoms with Crippen LogP contribution in [0.1, 0.15) is 16.4 Å². The number of methoxy groups -OCH3 is 1. The van der Waals surface area contributed by atoms with Gasteiger partial charge in [-0.2, -0.15) is 4.68 Å². The Morgan fingerprint density at radius 2 is 1.82 bits per heavy atom. The van der Waals surface area contributed by atoms with E-state index in [-0.39, 0.29) is 43.0 Å². The number of nitrogens with one attached hydrogen (secondary N) is 1. The molecule has 3 aliphatic heterocycles. The van der Waals surface area contributed by atoms with Gasteiger partial charge in [0, 0.05) is 11.6 Å². The summed E-state index contributed by atoms with van der Waals surface area (Å²) >= 11 is 0. The van der Waals surface area contributed by atoms with E-state index in [4.69, 9.17) is 28.4 Å². The van der Waals surface area contributed by atoms with E-state index in [1.54, 1.807) is 54.3 Å². The van der Waals surface area contributed by atoms with Crippen molar-refractivity contribution in [2.45, 2.75) is 24.3 Å². The van der Waals surface area contributed by atoms with Crippen molar-refractivity contribution < 1.29 is 33.2 Å². The van der Waals surface area contributed by atoms with Crippen molar-refractivity contribution in [1.29, 1.82) is 0 Å². The number of rotatable bonds is 6. The molecule has 4 unspecified atom stereocenters. The Bertz CT molecular complexity index is 1200. The molecule has 0 radical (unpaired) electrons. The minimum absolute atomic E-state index is 0.173. The molecular weight excluding hydrogens is 446 g/mol. The SMILES string of the molecule is COc1ccc(C(=O)NC2COC3C2OCC3n2nnnc2Oc2ccc3c(c2)OCO3)cc1. The molecule has 3 aromatic rings. The van der Waals surface area contributed by atoms with Crippen LogP contribution in [-0.4, -0.2) is 71.5 Å². The molecule has 12 nitrogen and oxygen atoms in total. The van der Waals surface area contributed by atoms with Gasteiger partial charge in [-0.05, 0) is 46.8 Å². The number of carbonyl (C=O) groups is 1. The average Bonchev–Trinajstić information content (AvgIpc) is 3.65. The second-order valence-corrected chi connectivity index (χ2v) is 7.99. The number of hydrogen-bond donors (Lipinski definition) is 1.